The predicted octanol–water partition coefficient (Wildman–Crippen LogP) is 1.12. The van der Waals surface area contributed by atoms with Gasteiger partial charge in [0, 0.05) is 13.0 Å². The van der Waals surface area contributed by atoms with Gasteiger partial charge in [-0.2, -0.15) is 0 Å². The van der Waals surface area contributed by atoms with Gasteiger partial charge in [-0.1, -0.05) is 0 Å². The topological polar surface area (TPSA) is 66.8 Å². The van der Waals surface area contributed by atoms with Gasteiger partial charge in [-0.3, -0.25) is 4.79 Å². The van der Waals surface area contributed by atoms with Crippen LogP contribution in [0.4, 0.5) is 0 Å². The van der Waals surface area contributed by atoms with E-state index in [4.69, 9.17) is 9.84 Å². The summed E-state index contributed by atoms with van der Waals surface area (Å²) in [6.07, 6.45) is 4.86. The molecule has 3 rings (SSSR count). The van der Waals surface area contributed by atoms with E-state index in [0.717, 1.165) is 11.8 Å². The van der Waals surface area contributed by atoms with Crippen LogP contribution in [0.1, 0.15) is 32.1 Å². The first-order chi connectivity index (χ1) is 9.15. The van der Waals surface area contributed by atoms with Crippen molar-refractivity contribution in [3.05, 3.63) is 0 Å². The molecule has 0 aromatic rings. The number of carboxylic acid groups (broad SMARTS) is 1. The molecule has 0 radical (unpaired) electrons. The molecule has 1 heterocycles. The fourth-order valence-electron chi connectivity index (χ4n) is 3.12. The zero-order valence-electron chi connectivity index (χ0n) is 11.1. The second-order valence-electron chi connectivity index (χ2n) is 6.08. The van der Waals surface area contributed by atoms with Crippen molar-refractivity contribution in [3.8, 4) is 0 Å². The van der Waals surface area contributed by atoms with Crippen LogP contribution in [-0.4, -0.2) is 47.7 Å². The highest BCUT2D eigenvalue weighted by Gasteiger charge is 2.43. The van der Waals surface area contributed by atoms with Crippen molar-refractivity contribution >= 4 is 11.9 Å². The first-order valence-corrected chi connectivity index (χ1v) is 7.27. The van der Waals surface area contributed by atoms with E-state index >= 15 is 0 Å². The van der Waals surface area contributed by atoms with Gasteiger partial charge in [0.05, 0.1) is 13.2 Å². The summed E-state index contributed by atoms with van der Waals surface area (Å²) in [6.45, 7) is 1.07. The van der Waals surface area contributed by atoms with Gasteiger partial charge >= 0.3 is 5.97 Å². The van der Waals surface area contributed by atoms with Crippen LogP contribution in [0.25, 0.3) is 0 Å². The van der Waals surface area contributed by atoms with E-state index in [0.29, 0.717) is 25.5 Å². The molecule has 3 aliphatic rings. The van der Waals surface area contributed by atoms with Crippen molar-refractivity contribution in [3.63, 3.8) is 0 Å². The molecule has 3 fully saturated rings. The summed E-state index contributed by atoms with van der Waals surface area (Å²) in [6, 6.07) is 0. The standard InChI is InChI=1S/C14H21NO4/c16-13(7-11(9-1-2-9)10-3-4-10)15-5-6-19-12(8-15)14(17)18/h9-12H,1-8H2,(H,17,18)/t12-/m0/s1. The van der Waals surface area contributed by atoms with Gasteiger partial charge in [-0.25, -0.2) is 4.79 Å². The maximum Gasteiger partial charge on any atom is 0.334 e. The smallest absolute Gasteiger partial charge is 0.334 e. The van der Waals surface area contributed by atoms with Gasteiger partial charge in [-0.15, -0.1) is 0 Å². The number of nitrogens with zero attached hydrogens (tertiary/aromatic N) is 1. The number of carbonyl (C=O) groups excluding carboxylic acids is 1. The number of hydrogen-bond acceptors (Lipinski definition) is 3. The summed E-state index contributed by atoms with van der Waals surface area (Å²) >= 11 is 0. The van der Waals surface area contributed by atoms with E-state index < -0.39 is 12.1 Å². The summed E-state index contributed by atoms with van der Waals surface area (Å²) in [5.74, 6) is 1.22. The highest BCUT2D eigenvalue weighted by Crippen LogP contribution is 2.50. The SMILES string of the molecule is O=C(O)[C@@H]1CN(C(=O)CC(C2CC2)C2CC2)CCO1. The Hall–Kier alpha value is -1.10. The van der Waals surface area contributed by atoms with Crippen molar-refractivity contribution in [1.29, 1.82) is 0 Å². The zero-order valence-corrected chi connectivity index (χ0v) is 11.1. The van der Waals surface area contributed by atoms with E-state index in [-0.39, 0.29) is 12.5 Å². The average Bonchev–Trinajstić information content (AvgIpc) is 3.29. The van der Waals surface area contributed by atoms with Crippen molar-refractivity contribution in [2.45, 2.75) is 38.2 Å². The number of ether oxygens (including phenoxy) is 1. The lowest BCUT2D eigenvalue weighted by Crippen LogP contribution is -2.49. The van der Waals surface area contributed by atoms with Crippen molar-refractivity contribution in [1.82, 2.24) is 4.90 Å². The Kier molecular flexibility index (Phi) is 3.48. The maximum absolute atomic E-state index is 12.3. The highest BCUT2D eigenvalue weighted by molar-refractivity contribution is 5.79. The minimum Gasteiger partial charge on any atom is -0.479 e. The van der Waals surface area contributed by atoms with Crippen molar-refractivity contribution < 1.29 is 19.4 Å². The Morgan fingerprint density at radius 2 is 1.84 bits per heavy atom. The Balaban J connectivity index is 1.55. The summed E-state index contributed by atoms with van der Waals surface area (Å²) in [5, 5.41) is 8.95. The molecule has 1 saturated heterocycles. The molecular weight excluding hydrogens is 246 g/mol. The average molecular weight is 267 g/mol. The van der Waals surface area contributed by atoms with Gasteiger partial charge in [0.1, 0.15) is 0 Å². The molecule has 0 aromatic carbocycles. The third-order valence-electron chi connectivity index (χ3n) is 4.56. The Morgan fingerprint density at radius 1 is 1.21 bits per heavy atom. The second kappa shape index (κ2) is 5.12. The number of carbonyl (C=O) groups is 2. The largest absolute Gasteiger partial charge is 0.479 e. The fraction of sp³-hybridized carbons (Fsp3) is 0.857. The minimum atomic E-state index is -0.974. The molecule has 1 amide bonds. The molecule has 0 spiro atoms. The third kappa shape index (κ3) is 3.08. The molecule has 0 bridgehead atoms. The molecule has 5 nitrogen and oxygen atoms in total. The van der Waals surface area contributed by atoms with Crippen LogP contribution in [0.3, 0.4) is 0 Å². The molecule has 2 saturated carbocycles. The van der Waals surface area contributed by atoms with Gasteiger partial charge in [0.15, 0.2) is 6.10 Å². The summed E-state index contributed by atoms with van der Waals surface area (Å²) < 4.78 is 5.15. The van der Waals surface area contributed by atoms with E-state index in [2.05, 4.69) is 0 Å². The number of morpholine rings is 1. The first-order valence-electron chi connectivity index (χ1n) is 7.27. The lowest BCUT2D eigenvalue weighted by atomic mass is 9.93. The van der Waals surface area contributed by atoms with Crippen LogP contribution in [0, 0.1) is 17.8 Å². The second-order valence-corrected chi connectivity index (χ2v) is 6.08. The third-order valence-corrected chi connectivity index (χ3v) is 4.56. The van der Waals surface area contributed by atoms with Gasteiger partial charge in [0.25, 0.3) is 0 Å². The lowest BCUT2D eigenvalue weighted by molar-refractivity contribution is -0.159. The van der Waals surface area contributed by atoms with E-state index in [1.807, 2.05) is 0 Å². The number of carboxylic acids is 1. The predicted molar refractivity (Wildman–Crippen MR) is 67.5 cm³/mol. The highest BCUT2D eigenvalue weighted by atomic mass is 16.5. The van der Waals surface area contributed by atoms with Gasteiger partial charge < -0.3 is 14.7 Å². The van der Waals surface area contributed by atoms with Crippen LogP contribution in [-0.2, 0) is 14.3 Å². The molecule has 106 valence electrons. The molecule has 1 aliphatic heterocycles. The van der Waals surface area contributed by atoms with Crippen LogP contribution in [0.2, 0.25) is 0 Å². The fourth-order valence-corrected chi connectivity index (χ4v) is 3.12. The van der Waals surface area contributed by atoms with E-state index in [9.17, 15) is 9.59 Å². The Morgan fingerprint density at radius 3 is 2.37 bits per heavy atom. The zero-order chi connectivity index (χ0) is 13.4. The van der Waals surface area contributed by atoms with Gasteiger partial charge in [0.2, 0.25) is 5.91 Å². The van der Waals surface area contributed by atoms with Crippen molar-refractivity contribution in [2.75, 3.05) is 19.7 Å². The molecule has 0 aromatic heterocycles. The van der Waals surface area contributed by atoms with Gasteiger partial charge in [-0.05, 0) is 43.4 Å². The molecule has 0 unspecified atom stereocenters. The molecule has 5 heteroatoms. The summed E-state index contributed by atoms with van der Waals surface area (Å²) in [5.41, 5.74) is 0. The first kappa shape index (κ1) is 12.9. The maximum atomic E-state index is 12.3. The minimum absolute atomic E-state index is 0.123. The molecule has 19 heavy (non-hydrogen) atoms. The Labute approximate surface area is 112 Å². The Bertz CT molecular complexity index is 364. The molecule has 1 N–H and O–H groups in total. The number of rotatable bonds is 5. The summed E-state index contributed by atoms with van der Waals surface area (Å²) in [7, 11) is 0. The number of aliphatic carboxylic acids is 1. The van der Waals surface area contributed by atoms with E-state index in [1.54, 1.807) is 4.90 Å². The van der Waals surface area contributed by atoms with Crippen LogP contribution < -0.4 is 0 Å². The molecule has 2 aliphatic carbocycles. The van der Waals surface area contributed by atoms with Crippen LogP contribution in [0.15, 0.2) is 0 Å². The number of hydrogen-bond donors (Lipinski definition) is 1. The lowest BCUT2D eigenvalue weighted by Gasteiger charge is -2.32. The monoisotopic (exact) mass is 267 g/mol. The number of amides is 1. The van der Waals surface area contributed by atoms with Crippen molar-refractivity contribution in [2.24, 2.45) is 17.8 Å². The molecular formula is C14H21NO4. The quantitative estimate of drug-likeness (QED) is 0.810. The van der Waals surface area contributed by atoms with Crippen LogP contribution >= 0.6 is 0 Å². The van der Waals surface area contributed by atoms with E-state index in [1.165, 1.54) is 25.7 Å². The normalized spacial score (nSPS) is 27.6. The van der Waals surface area contributed by atoms with Crippen LogP contribution in [0.5, 0.6) is 0 Å². The summed E-state index contributed by atoms with van der Waals surface area (Å²) in [4.78, 5) is 24.9. The molecule has 1 atom stereocenters.